The van der Waals surface area contributed by atoms with E-state index in [1.54, 1.807) is 0 Å². The molecule has 0 saturated heterocycles. The summed E-state index contributed by atoms with van der Waals surface area (Å²) in [6, 6.07) is 0. The predicted molar refractivity (Wildman–Crippen MR) is 41.2 cm³/mol. The summed E-state index contributed by atoms with van der Waals surface area (Å²) in [6.45, 7) is 9.71. The van der Waals surface area contributed by atoms with Crippen molar-refractivity contribution >= 4 is 0 Å². The summed E-state index contributed by atoms with van der Waals surface area (Å²) in [7, 11) is 0. The molecule has 0 nitrogen and oxygen atoms in total. The first-order valence-electron chi connectivity index (χ1n) is 3.00. The van der Waals surface area contributed by atoms with Gasteiger partial charge in [-0.3, -0.25) is 0 Å². The molecular formula is C9H12. The van der Waals surface area contributed by atoms with Gasteiger partial charge in [-0.05, 0) is 24.8 Å². The maximum absolute atomic E-state index is 3.46. The smallest absolute Gasteiger partial charge is 0.0157 e. The molecule has 0 aromatic rings. The Morgan fingerprint density at radius 3 is 1.78 bits per heavy atom. The maximum atomic E-state index is 3.46. The summed E-state index contributed by atoms with van der Waals surface area (Å²) >= 11 is 0. The van der Waals surface area contributed by atoms with Crippen LogP contribution in [0, 0.1) is 5.92 Å². The summed E-state index contributed by atoms with van der Waals surface area (Å²) in [6.07, 6.45) is 4.77. The average Bonchev–Trinajstić information content (AvgIpc) is 2.53. The van der Waals surface area contributed by atoms with Crippen LogP contribution >= 0.6 is 0 Å². The van der Waals surface area contributed by atoms with Gasteiger partial charge in [0.1, 0.15) is 0 Å². The van der Waals surface area contributed by atoms with Crippen LogP contribution in [0.5, 0.6) is 0 Å². The fourth-order valence-corrected chi connectivity index (χ4v) is 0.430. The van der Waals surface area contributed by atoms with Crippen molar-refractivity contribution in [2.45, 2.75) is 12.8 Å². The lowest BCUT2D eigenvalue weighted by molar-refractivity contribution is 1.13. The topological polar surface area (TPSA) is 0 Å². The molecule has 1 aliphatic carbocycles. The first-order chi connectivity index (χ1) is 4.35. The number of hydrogen-bond acceptors (Lipinski definition) is 0. The molecular weight excluding hydrogens is 108 g/mol. The normalized spacial score (nSPS) is 13.8. The van der Waals surface area contributed by atoms with Gasteiger partial charge in [0.2, 0.25) is 0 Å². The second kappa shape index (κ2) is 5.18. The Morgan fingerprint density at radius 2 is 1.67 bits per heavy atom. The Balaban J connectivity index is 0.000000187. The highest BCUT2D eigenvalue weighted by molar-refractivity contribution is 4.92. The molecule has 0 aromatic heterocycles. The third-order valence-electron chi connectivity index (χ3n) is 0.976. The van der Waals surface area contributed by atoms with Crippen LogP contribution in [0.2, 0.25) is 0 Å². The third-order valence-corrected chi connectivity index (χ3v) is 0.976. The highest BCUT2D eigenvalue weighted by Gasteiger charge is 2.16. The molecule has 0 N–H and O–H groups in total. The number of rotatable bonds is 1. The predicted octanol–water partition coefficient (Wildman–Crippen LogP) is 2.69. The van der Waals surface area contributed by atoms with Crippen molar-refractivity contribution < 1.29 is 0 Å². The second-order valence-electron chi connectivity index (χ2n) is 1.96. The molecule has 1 aliphatic rings. The summed E-state index contributed by atoms with van der Waals surface area (Å²) in [5, 5.41) is 0. The Labute approximate surface area is 56.9 Å². The van der Waals surface area contributed by atoms with Gasteiger partial charge >= 0.3 is 0 Å². The molecule has 0 unspecified atom stereocenters. The molecule has 48 valence electrons. The Hall–Kier alpha value is -0.960. The van der Waals surface area contributed by atoms with Gasteiger partial charge in [0.05, 0.1) is 0 Å². The number of hydrogen-bond donors (Lipinski definition) is 0. The van der Waals surface area contributed by atoms with E-state index >= 15 is 0 Å². The van der Waals surface area contributed by atoms with Crippen molar-refractivity contribution in [1.82, 2.24) is 0 Å². The van der Waals surface area contributed by atoms with Crippen LogP contribution in [0.15, 0.2) is 37.3 Å². The van der Waals surface area contributed by atoms with E-state index in [4.69, 9.17) is 0 Å². The lowest BCUT2D eigenvalue weighted by Crippen LogP contribution is -1.52. The molecule has 0 aliphatic heterocycles. The van der Waals surface area contributed by atoms with E-state index < -0.39 is 0 Å². The quantitative estimate of drug-likeness (QED) is 0.467. The van der Waals surface area contributed by atoms with E-state index in [-0.39, 0.29) is 0 Å². The zero-order valence-corrected chi connectivity index (χ0v) is 5.69. The van der Waals surface area contributed by atoms with Gasteiger partial charge in [0, 0.05) is 0 Å². The van der Waals surface area contributed by atoms with Crippen LogP contribution in [0.3, 0.4) is 0 Å². The van der Waals surface area contributed by atoms with Crippen molar-refractivity contribution in [1.29, 1.82) is 0 Å². The lowest BCUT2D eigenvalue weighted by Gasteiger charge is -1.64. The average molecular weight is 120 g/mol. The van der Waals surface area contributed by atoms with E-state index in [1.807, 2.05) is 6.08 Å². The lowest BCUT2D eigenvalue weighted by atomic mass is 10.4. The minimum Gasteiger partial charge on any atom is -0.137 e. The summed E-state index contributed by atoms with van der Waals surface area (Å²) in [5.74, 6) is 0.850. The van der Waals surface area contributed by atoms with Gasteiger partial charge in [-0.15, -0.1) is 11.5 Å². The molecule has 0 spiro atoms. The van der Waals surface area contributed by atoms with E-state index in [0.717, 1.165) is 5.92 Å². The third kappa shape index (κ3) is 7.04. The van der Waals surface area contributed by atoms with Gasteiger partial charge in [0.15, 0.2) is 0 Å². The maximum Gasteiger partial charge on any atom is -0.0157 e. The molecule has 1 saturated carbocycles. The SMILES string of the molecule is C=C=C.C=C=CC1CC1. The molecule has 1 rings (SSSR count). The highest BCUT2D eigenvalue weighted by Crippen LogP contribution is 2.29. The van der Waals surface area contributed by atoms with E-state index in [1.165, 1.54) is 12.8 Å². The number of allylic oxidation sites excluding steroid dienone is 1. The minimum absolute atomic E-state index is 0.850. The summed E-state index contributed by atoms with van der Waals surface area (Å²) in [5.41, 5.74) is 5.00. The Morgan fingerprint density at radius 1 is 1.22 bits per heavy atom. The molecule has 1 fully saturated rings. The van der Waals surface area contributed by atoms with Crippen LogP contribution in [-0.4, -0.2) is 0 Å². The molecule has 0 heteroatoms. The van der Waals surface area contributed by atoms with Gasteiger partial charge in [0.25, 0.3) is 0 Å². The molecule has 0 amide bonds. The first kappa shape index (κ1) is 8.04. The zero-order valence-electron chi connectivity index (χ0n) is 5.69. The standard InChI is InChI=1S/C6H8.C3H4/c1-2-3-6-4-5-6;1-3-2/h3,6H,1,4-5H2;1-2H2. The zero-order chi connectivity index (χ0) is 7.11. The van der Waals surface area contributed by atoms with Gasteiger partial charge in [-0.25, -0.2) is 0 Å². The molecule has 9 heavy (non-hydrogen) atoms. The largest absolute Gasteiger partial charge is 0.137 e. The van der Waals surface area contributed by atoms with E-state index in [2.05, 4.69) is 31.2 Å². The van der Waals surface area contributed by atoms with Crippen LogP contribution in [0.4, 0.5) is 0 Å². The van der Waals surface area contributed by atoms with Gasteiger partial charge < -0.3 is 0 Å². The summed E-state index contributed by atoms with van der Waals surface area (Å²) in [4.78, 5) is 0. The Bertz CT molecular complexity index is 137. The molecule has 0 atom stereocenters. The Kier molecular flexibility index (Phi) is 4.63. The van der Waals surface area contributed by atoms with Gasteiger partial charge in [-0.1, -0.05) is 19.7 Å². The second-order valence-corrected chi connectivity index (χ2v) is 1.96. The minimum atomic E-state index is 0.850. The molecule has 0 aromatic carbocycles. The monoisotopic (exact) mass is 120 g/mol. The van der Waals surface area contributed by atoms with Crippen LogP contribution in [-0.2, 0) is 0 Å². The molecule has 0 heterocycles. The van der Waals surface area contributed by atoms with Crippen molar-refractivity contribution in [3.63, 3.8) is 0 Å². The van der Waals surface area contributed by atoms with E-state index in [0.29, 0.717) is 0 Å². The molecule has 0 radical (unpaired) electrons. The van der Waals surface area contributed by atoms with Crippen molar-refractivity contribution in [3.8, 4) is 0 Å². The fourth-order valence-electron chi connectivity index (χ4n) is 0.430. The van der Waals surface area contributed by atoms with E-state index in [9.17, 15) is 0 Å². The first-order valence-corrected chi connectivity index (χ1v) is 3.00. The van der Waals surface area contributed by atoms with Crippen molar-refractivity contribution in [2.24, 2.45) is 5.92 Å². The van der Waals surface area contributed by atoms with Gasteiger partial charge in [-0.2, -0.15) is 0 Å². The van der Waals surface area contributed by atoms with Crippen LogP contribution < -0.4 is 0 Å². The summed E-state index contributed by atoms with van der Waals surface area (Å²) < 4.78 is 0. The van der Waals surface area contributed by atoms with Crippen LogP contribution in [0.25, 0.3) is 0 Å². The fraction of sp³-hybridized carbons (Fsp3) is 0.333. The van der Waals surface area contributed by atoms with Crippen LogP contribution in [0.1, 0.15) is 12.8 Å². The van der Waals surface area contributed by atoms with Crippen molar-refractivity contribution in [2.75, 3.05) is 0 Å². The highest BCUT2D eigenvalue weighted by atomic mass is 14.2. The van der Waals surface area contributed by atoms with Crippen molar-refractivity contribution in [3.05, 3.63) is 37.3 Å². The molecule has 0 bridgehead atoms.